The molecular formula is C14H23BrN4O. The number of carbonyl (C=O) groups is 1. The maximum Gasteiger partial charge on any atom is 0.275 e. The predicted molar refractivity (Wildman–Crippen MR) is 82.7 cm³/mol. The summed E-state index contributed by atoms with van der Waals surface area (Å²) in [4.78, 5) is 14.6. The standard InChI is InChI=1S/C14H23BrN4O/c1-8(2)12-11(15)13(18-17-12)14(20)19-7-5-4-6-10(19)9(3)16/h8-10H,4-7,16H2,1-3H3,(H,17,18)/t9-,10+/m1/s1. The molecule has 1 fully saturated rings. The van der Waals surface area contributed by atoms with Crippen molar-refractivity contribution in [1.29, 1.82) is 0 Å². The smallest absolute Gasteiger partial charge is 0.275 e. The number of nitrogens with two attached hydrogens (primary N) is 1. The SMILES string of the molecule is CC(C)c1[nH]nc(C(=O)N2CCCC[C@H]2[C@@H](C)N)c1Br. The van der Waals surface area contributed by atoms with Gasteiger partial charge >= 0.3 is 0 Å². The van der Waals surface area contributed by atoms with Crippen molar-refractivity contribution in [3.63, 3.8) is 0 Å². The zero-order valence-electron chi connectivity index (χ0n) is 12.3. The van der Waals surface area contributed by atoms with E-state index in [9.17, 15) is 4.79 Å². The minimum absolute atomic E-state index is 0.0125. The highest BCUT2D eigenvalue weighted by atomic mass is 79.9. The molecule has 3 N–H and O–H groups in total. The quantitative estimate of drug-likeness (QED) is 0.886. The van der Waals surface area contributed by atoms with Gasteiger partial charge in [0.1, 0.15) is 0 Å². The summed E-state index contributed by atoms with van der Waals surface area (Å²) in [6.45, 7) is 6.87. The molecule has 0 bridgehead atoms. The molecule has 0 saturated carbocycles. The Bertz CT molecular complexity index is 484. The predicted octanol–water partition coefficient (Wildman–Crippen LogP) is 2.64. The van der Waals surface area contributed by atoms with Crippen molar-refractivity contribution in [3.8, 4) is 0 Å². The number of halogens is 1. The number of amides is 1. The molecule has 1 amide bonds. The summed E-state index contributed by atoms with van der Waals surface area (Å²) in [7, 11) is 0. The average molecular weight is 343 g/mol. The van der Waals surface area contributed by atoms with Gasteiger partial charge in [0.15, 0.2) is 5.69 Å². The molecule has 0 spiro atoms. The first-order chi connectivity index (χ1) is 9.43. The Kier molecular flexibility index (Phi) is 4.86. The fourth-order valence-corrected chi connectivity index (χ4v) is 3.56. The number of hydrogen-bond acceptors (Lipinski definition) is 3. The van der Waals surface area contributed by atoms with E-state index in [0.29, 0.717) is 11.6 Å². The molecular weight excluding hydrogens is 320 g/mol. The number of H-pyrrole nitrogens is 1. The van der Waals surface area contributed by atoms with Crippen LogP contribution in [0.4, 0.5) is 0 Å². The van der Waals surface area contributed by atoms with Crippen LogP contribution in [0.5, 0.6) is 0 Å². The third-order valence-electron chi connectivity index (χ3n) is 3.93. The summed E-state index contributed by atoms with van der Waals surface area (Å²) in [6.07, 6.45) is 3.14. The third-order valence-corrected chi connectivity index (χ3v) is 4.73. The zero-order chi connectivity index (χ0) is 14.9. The largest absolute Gasteiger partial charge is 0.333 e. The summed E-state index contributed by atoms with van der Waals surface area (Å²) in [5, 5.41) is 7.16. The molecule has 2 heterocycles. The molecule has 0 unspecified atom stereocenters. The average Bonchev–Trinajstić information content (AvgIpc) is 2.79. The van der Waals surface area contributed by atoms with Gasteiger partial charge in [-0.2, -0.15) is 5.10 Å². The third kappa shape index (κ3) is 2.91. The van der Waals surface area contributed by atoms with Crippen LogP contribution in [0.25, 0.3) is 0 Å². The number of aromatic amines is 1. The lowest BCUT2D eigenvalue weighted by molar-refractivity contribution is 0.0577. The fraction of sp³-hybridized carbons (Fsp3) is 0.714. The van der Waals surface area contributed by atoms with E-state index >= 15 is 0 Å². The lowest BCUT2D eigenvalue weighted by atomic mass is 9.96. The van der Waals surface area contributed by atoms with E-state index in [2.05, 4.69) is 40.0 Å². The van der Waals surface area contributed by atoms with Crippen molar-refractivity contribution in [2.45, 2.75) is 58.0 Å². The fourth-order valence-electron chi connectivity index (χ4n) is 2.76. The van der Waals surface area contributed by atoms with E-state index in [1.807, 2.05) is 11.8 Å². The second kappa shape index (κ2) is 6.26. The van der Waals surface area contributed by atoms with Gasteiger partial charge < -0.3 is 10.6 Å². The second-order valence-corrected chi connectivity index (χ2v) is 6.67. The van der Waals surface area contributed by atoms with Crippen LogP contribution in [-0.2, 0) is 0 Å². The second-order valence-electron chi connectivity index (χ2n) is 5.88. The first-order valence-electron chi connectivity index (χ1n) is 7.23. The highest BCUT2D eigenvalue weighted by Gasteiger charge is 2.32. The molecule has 2 atom stereocenters. The molecule has 1 aromatic heterocycles. The Morgan fingerprint density at radius 3 is 2.70 bits per heavy atom. The van der Waals surface area contributed by atoms with Gasteiger partial charge in [-0.1, -0.05) is 13.8 Å². The van der Waals surface area contributed by atoms with Gasteiger partial charge in [-0.25, -0.2) is 0 Å². The highest BCUT2D eigenvalue weighted by molar-refractivity contribution is 9.10. The van der Waals surface area contributed by atoms with Crippen molar-refractivity contribution < 1.29 is 4.79 Å². The first kappa shape index (κ1) is 15.5. The van der Waals surface area contributed by atoms with Gasteiger partial charge in [0.2, 0.25) is 0 Å². The van der Waals surface area contributed by atoms with Crippen LogP contribution in [0.1, 0.15) is 62.1 Å². The van der Waals surface area contributed by atoms with E-state index < -0.39 is 0 Å². The summed E-state index contributed by atoms with van der Waals surface area (Å²) in [5.74, 6) is 0.269. The van der Waals surface area contributed by atoms with Gasteiger partial charge in [0.25, 0.3) is 5.91 Å². The minimum Gasteiger partial charge on any atom is -0.333 e. The molecule has 0 aromatic carbocycles. The Morgan fingerprint density at radius 2 is 2.15 bits per heavy atom. The van der Waals surface area contributed by atoms with E-state index in [4.69, 9.17) is 5.73 Å². The summed E-state index contributed by atoms with van der Waals surface area (Å²) in [5.41, 5.74) is 7.47. The van der Waals surface area contributed by atoms with Gasteiger partial charge in [0, 0.05) is 18.6 Å². The summed E-state index contributed by atoms with van der Waals surface area (Å²) >= 11 is 3.50. The van der Waals surface area contributed by atoms with Crippen LogP contribution in [0.3, 0.4) is 0 Å². The lowest BCUT2D eigenvalue weighted by Gasteiger charge is -2.37. The van der Waals surface area contributed by atoms with Crippen molar-refractivity contribution in [2.75, 3.05) is 6.54 Å². The van der Waals surface area contributed by atoms with Crippen molar-refractivity contribution in [2.24, 2.45) is 5.73 Å². The molecule has 1 saturated heterocycles. The molecule has 1 aliphatic heterocycles. The van der Waals surface area contributed by atoms with Crippen LogP contribution in [0.2, 0.25) is 0 Å². The number of aromatic nitrogens is 2. The van der Waals surface area contributed by atoms with Crippen molar-refractivity contribution in [1.82, 2.24) is 15.1 Å². The van der Waals surface area contributed by atoms with E-state index in [1.54, 1.807) is 0 Å². The van der Waals surface area contributed by atoms with Crippen LogP contribution in [0, 0.1) is 0 Å². The molecule has 0 radical (unpaired) electrons. The van der Waals surface area contributed by atoms with Crippen LogP contribution in [0.15, 0.2) is 4.47 Å². The Balaban J connectivity index is 2.25. The van der Waals surface area contributed by atoms with Gasteiger partial charge in [-0.15, -0.1) is 0 Å². The molecule has 112 valence electrons. The maximum atomic E-state index is 12.7. The van der Waals surface area contributed by atoms with E-state index in [1.165, 1.54) is 0 Å². The number of carbonyl (C=O) groups excluding carboxylic acids is 1. The molecule has 1 aromatic rings. The molecule has 2 rings (SSSR count). The maximum absolute atomic E-state index is 12.7. The summed E-state index contributed by atoms with van der Waals surface area (Å²) < 4.78 is 0.784. The summed E-state index contributed by atoms with van der Waals surface area (Å²) in [6, 6.07) is 0.101. The molecule has 20 heavy (non-hydrogen) atoms. The lowest BCUT2D eigenvalue weighted by Crippen LogP contribution is -2.51. The van der Waals surface area contributed by atoms with Gasteiger partial charge in [-0.05, 0) is 48.0 Å². The Labute approximate surface area is 128 Å². The van der Waals surface area contributed by atoms with Crippen LogP contribution < -0.4 is 5.73 Å². The monoisotopic (exact) mass is 342 g/mol. The molecule has 6 heteroatoms. The number of rotatable bonds is 3. The number of likely N-dealkylation sites (tertiary alicyclic amines) is 1. The number of nitrogens with zero attached hydrogens (tertiary/aromatic N) is 2. The molecule has 1 aliphatic rings. The van der Waals surface area contributed by atoms with Crippen LogP contribution in [-0.4, -0.2) is 39.6 Å². The van der Waals surface area contributed by atoms with E-state index in [0.717, 1.165) is 36.0 Å². The number of piperidine rings is 1. The van der Waals surface area contributed by atoms with Crippen molar-refractivity contribution in [3.05, 3.63) is 15.9 Å². The normalized spacial score (nSPS) is 21.3. The van der Waals surface area contributed by atoms with E-state index in [-0.39, 0.29) is 18.0 Å². The number of hydrogen-bond donors (Lipinski definition) is 2. The highest BCUT2D eigenvalue weighted by Crippen LogP contribution is 2.28. The van der Waals surface area contributed by atoms with Gasteiger partial charge in [-0.3, -0.25) is 9.89 Å². The molecule has 0 aliphatic carbocycles. The zero-order valence-corrected chi connectivity index (χ0v) is 13.9. The van der Waals surface area contributed by atoms with Crippen LogP contribution >= 0.6 is 15.9 Å². The Morgan fingerprint density at radius 1 is 1.45 bits per heavy atom. The van der Waals surface area contributed by atoms with Gasteiger partial charge in [0.05, 0.1) is 10.2 Å². The Hall–Kier alpha value is -0.880. The molecule has 5 nitrogen and oxygen atoms in total. The van der Waals surface area contributed by atoms with Crippen molar-refractivity contribution >= 4 is 21.8 Å². The minimum atomic E-state index is -0.0259. The number of nitrogens with one attached hydrogen (secondary N) is 1. The first-order valence-corrected chi connectivity index (χ1v) is 8.03. The topological polar surface area (TPSA) is 75.0 Å².